The molecule has 0 bridgehead atoms. The summed E-state index contributed by atoms with van der Waals surface area (Å²) in [4.78, 5) is 31.1. The Labute approximate surface area is 161 Å². The van der Waals surface area contributed by atoms with E-state index in [2.05, 4.69) is 31.1 Å². The van der Waals surface area contributed by atoms with Crippen LogP contribution in [0, 0.1) is 6.92 Å². The van der Waals surface area contributed by atoms with Crippen LogP contribution in [0.15, 0.2) is 36.7 Å². The molecular formula is C22H29N3O2. The molecule has 1 aromatic carbocycles. The fraction of sp³-hybridized carbons (Fsp3) is 0.409. The highest BCUT2D eigenvalue weighted by Gasteiger charge is 2.17. The van der Waals surface area contributed by atoms with Gasteiger partial charge in [-0.15, -0.1) is 0 Å². The number of nitrogens with one attached hydrogen (secondary N) is 1. The van der Waals surface area contributed by atoms with Gasteiger partial charge in [-0.1, -0.05) is 45.4 Å². The summed E-state index contributed by atoms with van der Waals surface area (Å²) in [5.41, 5.74) is 3.73. The molecule has 0 saturated carbocycles. The number of rotatable bonds is 7. The number of nitrogens with zero attached hydrogens (tertiary/aromatic N) is 2. The van der Waals surface area contributed by atoms with Crippen molar-refractivity contribution in [3.05, 3.63) is 58.9 Å². The molecule has 0 unspecified atom stereocenters. The lowest BCUT2D eigenvalue weighted by Gasteiger charge is -2.18. The number of hydrogen-bond donors (Lipinski definition) is 1. The second kappa shape index (κ2) is 9.31. The third-order valence-corrected chi connectivity index (χ3v) is 4.61. The first kappa shape index (κ1) is 20.6. The number of amides is 2. The molecule has 0 saturated heterocycles. The molecule has 0 fully saturated rings. The molecule has 0 radical (unpaired) electrons. The number of aryl methyl sites for hydroxylation is 1. The Hall–Kier alpha value is -2.69. The number of unbranched alkanes of at least 4 members (excludes halogenated alkanes) is 1. The first-order valence-corrected chi connectivity index (χ1v) is 9.46. The van der Waals surface area contributed by atoms with E-state index in [0.29, 0.717) is 23.6 Å². The van der Waals surface area contributed by atoms with Crippen molar-refractivity contribution in [3.63, 3.8) is 0 Å². The lowest BCUT2D eigenvalue weighted by atomic mass is 9.98. The quantitative estimate of drug-likeness (QED) is 0.775. The maximum Gasteiger partial charge on any atom is 0.257 e. The summed E-state index contributed by atoms with van der Waals surface area (Å²) in [5, 5.41) is 3.00. The summed E-state index contributed by atoms with van der Waals surface area (Å²) in [5.74, 6) is -0.0904. The summed E-state index contributed by atoms with van der Waals surface area (Å²) in [6.45, 7) is 8.94. The van der Waals surface area contributed by atoms with Gasteiger partial charge in [-0.2, -0.15) is 0 Å². The molecule has 2 rings (SSSR count). The number of carbonyl (C=O) groups is 2. The first-order valence-electron chi connectivity index (χ1n) is 9.46. The minimum atomic E-state index is -0.260. The van der Waals surface area contributed by atoms with Crippen LogP contribution in [-0.2, 0) is 0 Å². The number of anilines is 1. The zero-order valence-corrected chi connectivity index (χ0v) is 16.9. The van der Waals surface area contributed by atoms with Gasteiger partial charge in [0.25, 0.3) is 11.8 Å². The SMILES string of the molecule is CCCCN(C)C(=O)c1cncc(C(=O)Nc2c(C)cccc2C(C)C)c1. The van der Waals surface area contributed by atoms with Crippen molar-refractivity contribution in [2.45, 2.75) is 46.5 Å². The Morgan fingerprint density at radius 1 is 1.19 bits per heavy atom. The first-order chi connectivity index (χ1) is 12.8. The predicted octanol–water partition coefficient (Wildman–Crippen LogP) is 4.64. The van der Waals surface area contributed by atoms with E-state index >= 15 is 0 Å². The van der Waals surface area contributed by atoms with Gasteiger partial charge in [0.1, 0.15) is 0 Å². The number of para-hydroxylation sites is 1. The Bertz CT molecular complexity index is 815. The van der Waals surface area contributed by atoms with Crippen LogP contribution in [0.5, 0.6) is 0 Å². The largest absolute Gasteiger partial charge is 0.342 e. The Morgan fingerprint density at radius 2 is 1.89 bits per heavy atom. The van der Waals surface area contributed by atoms with Crippen LogP contribution in [0.1, 0.15) is 71.4 Å². The summed E-state index contributed by atoms with van der Waals surface area (Å²) < 4.78 is 0. The van der Waals surface area contributed by atoms with Crippen molar-refractivity contribution in [1.29, 1.82) is 0 Å². The summed E-state index contributed by atoms with van der Waals surface area (Å²) in [7, 11) is 1.77. The zero-order valence-electron chi connectivity index (χ0n) is 16.9. The summed E-state index contributed by atoms with van der Waals surface area (Å²) in [6.07, 6.45) is 4.97. The smallest absolute Gasteiger partial charge is 0.257 e. The van der Waals surface area contributed by atoms with E-state index in [-0.39, 0.29) is 11.8 Å². The van der Waals surface area contributed by atoms with Crippen molar-refractivity contribution in [2.75, 3.05) is 18.9 Å². The van der Waals surface area contributed by atoms with Gasteiger partial charge in [-0.25, -0.2) is 0 Å². The van der Waals surface area contributed by atoms with Crippen molar-refractivity contribution in [2.24, 2.45) is 0 Å². The van der Waals surface area contributed by atoms with Gasteiger partial charge in [0, 0.05) is 31.7 Å². The van der Waals surface area contributed by atoms with Gasteiger partial charge in [-0.05, 0) is 36.5 Å². The molecule has 2 aromatic rings. The standard InChI is InChI=1S/C22H29N3O2/c1-6-7-11-25(5)22(27)18-12-17(13-23-14-18)21(26)24-20-16(4)9-8-10-19(20)15(2)3/h8-10,12-15H,6-7,11H2,1-5H3,(H,24,26). The van der Waals surface area contributed by atoms with Gasteiger partial charge >= 0.3 is 0 Å². The Kier molecular flexibility index (Phi) is 7.11. The lowest BCUT2D eigenvalue weighted by Crippen LogP contribution is -2.28. The van der Waals surface area contributed by atoms with Crippen LogP contribution in [0.3, 0.4) is 0 Å². The molecule has 5 heteroatoms. The highest BCUT2D eigenvalue weighted by atomic mass is 16.2. The number of pyridine rings is 1. The molecule has 0 aliphatic heterocycles. The molecule has 2 amide bonds. The minimum Gasteiger partial charge on any atom is -0.342 e. The predicted molar refractivity (Wildman–Crippen MR) is 109 cm³/mol. The number of benzene rings is 1. The van der Waals surface area contributed by atoms with Crippen molar-refractivity contribution in [1.82, 2.24) is 9.88 Å². The molecule has 5 nitrogen and oxygen atoms in total. The highest BCUT2D eigenvalue weighted by molar-refractivity contribution is 6.06. The summed E-state index contributed by atoms with van der Waals surface area (Å²) >= 11 is 0. The maximum atomic E-state index is 12.8. The second-order valence-corrected chi connectivity index (χ2v) is 7.19. The van der Waals surface area contributed by atoms with E-state index in [1.807, 2.05) is 25.1 Å². The van der Waals surface area contributed by atoms with Crippen molar-refractivity contribution < 1.29 is 9.59 Å². The van der Waals surface area contributed by atoms with Crippen LogP contribution in [0.25, 0.3) is 0 Å². The molecule has 1 heterocycles. The van der Waals surface area contributed by atoms with E-state index in [1.54, 1.807) is 18.0 Å². The van der Waals surface area contributed by atoms with Gasteiger partial charge in [0.15, 0.2) is 0 Å². The van der Waals surface area contributed by atoms with Crippen LogP contribution >= 0.6 is 0 Å². The average molecular weight is 367 g/mol. The van der Waals surface area contributed by atoms with E-state index in [0.717, 1.165) is 29.7 Å². The highest BCUT2D eigenvalue weighted by Crippen LogP contribution is 2.27. The molecule has 1 N–H and O–H groups in total. The van der Waals surface area contributed by atoms with Crippen molar-refractivity contribution >= 4 is 17.5 Å². The topological polar surface area (TPSA) is 62.3 Å². The fourth-order valence-electron chi connectivity index (χ4n) is 2.93. The van der Waals surface area contributed by atoms with Gasteiger partial charge in [0.05, 0.1) is 11.1 Å². The van der Waals surface area contributed by atoms with Crippen LogP contribution < -0.4 is 5.32 Å². The number of aromatic nitrogens is 1. The molecule has 1 aromatic heterocycles. The lowest BCUT2D eigenvalue weighted by molar-refractivity contribution is 0.0793. The molecule has 0 spiro atoms. The van der Waals surface area contributed by atoms with E-state index in [4.69, 9.17) is 0 Å². The Morgan fingerprint density at radius 3 is 2.56 bits per heavy atom. The maximum absolute atomic E-state index is 12.8. The normalized spacial score (nSPS) is 10.7. The molecule has 27 heavy (non-hydrogen) atoms. The van der Waals surface area contributed by atoms with Crippen molar-refractivity contribution in [3.8, 4) is 0 Å². The van der Waals surface area contributed by atoms with E-state index in [9.17, 15) is 9.59 Å². The number of carbonyl (C=O) groups excluding carboxylic acids is 2. The van der Waals surface area contributed by atoms with Gasteiger partial charge in [0.2, 0.25) is 0 Å². The minimum absolute atomic E-state index is 0.121. The van der Waals surface area contributed by atoms with Gasteiger partial charge < -0.3 is 10.2 Å². The number of hydrogen-bond acceptors (Lipinski definition) is 3. The molecule has 0 aliphatic rings. The third kappa shape index (κ3) is 5.16. The Balaban J connectivity index is 2.23. The summed E-state index contributed by atoms with van der Waals surface area (Å²) in [6, 6.07) is 7.60. The van der Waals surface area contributed by atoms with Crippen LogP contribution in [0.4, 0.5) is 5.69 Å². The van der Waals surface area contributed by atoms with E-state index < -0.39 is 0 Å². The van der Waals surface area contributed by atoms with Crippen LogP contribution in [0.2, 0.25) is 0 Å². The third-order valence-electron chi connectivity index (χ3n) is 4.61. The van der Waals surface area contributed by atoms with Crippen LogP contribution in [-0.4, -0.2) is 35.3 Å². The van der Waals surface area contributed by atoms with Gasteiger partial charge in [-0.3, -0.25) is 14.6 Å². The molecular weight excluding hydrogens is 338 g/mol. The molecule has 0 atom stereocenters. The molecule has 0 aliphatic carbocycles. The monoisotopic (exact) mass is 367 g/mol. The average Bonchev–Trinajstić information content (AvgIpc) is 2.66. The van der Waals surface area contributed by atoms with E-state index in [1.165, 1.54) is 12.4 Å². The zero-order chi connectivity index (χ0) is 20.0. The molecule has 144 valence electrons. The fourth-order valence-corrected chi connectivity index (χ4v) is 2.93. The second-order valence-electron chi connectivity index (χ2n) is 7.19.